The van der Waals surface area contributed by atoms with Crippen LogP contribution < -0.4 is 0 Å². The number of ether oxygens (including phenoxy) is 6. The third-order valence-corrected chi connectivity index (χ3v) is 9.05. The second kappa shape index (κ2) is 13.2. The van der Waals surface area contributed by atoms with E-state index in [-0.39, 0.29) is 78.2 Å². The van der Waals surface area contributed by atoms with Crippen LogP contribution in [0.15, 0.2) is 0 Å². The summed E-state index contributed by atoms with van der Waals surface area (Å²) in [5.74, 6) is -4.57. The van der Waals surface area contributed by atoms with E-state index in [1.54, 1.807) is 41.5 Å². The third kappa shape index (κ3) is 5.35. The van der Waals surface area contributed by atoms with Gasteiger partial charge in [-0.1, -0.05) is 0 Å². The maximum absolute atomic E-state index is 13.6. The molecule has 0 heterocycles. The second-order valence-electron chi connectivity index (χ2n) is 11.5. The van der Waals surface area contributed by atoms with Crippen LogP contribution in [0.1, 0.15) is 74.9 Å². The van der Waals surface area contributed by atoms with Crippen LogP contribution in [0.2, 0.25) is 0 Å². The van der Waals surface area contributed by atoms with Gasteiger partial charge in [0.2, 0.25) is 0 Å². The van der Waals surface area contributed by atoms with Crippen molar-refractivity contribution in [3.05, 3.63) is 33.4 Å². The van der Waals surface area contributed by atoms with E-state index in [1.807, 2.05) is 0 Å². The number of hydrogen-bond acceptors (Lipinski definition) is 12. The Morgan fingerprint density at radius 3 is 0.600 bits per heavy atom. The monoisotopic (exact) mass is 630 g/mol. The minimum Gasteiger partial charge on any atom is -0.465 e. The fourth-order valence-electron chi connectivity index (χ4n) is 7.10. The molecule has 0 saturated heterocycles. The van der Waals surface area contributed by atoms with Crippen LogP contribution in [-0.2, 0) is 95.7 Å². The molecule has 0 aliphatic heterocycles. The molecule has 0 atom stereocenters. The molecule has 12 nitrogen and oxygen atoms in total. The Balaban J connectivity index is 2.00. The number of hydrogen-bond donors (Lipinski definition) is 0. The molecule has 246 valence electrons. The molecule has 3 aliphatic carbocycles. The molecule has 0 unspecified atom stereocenters. The van der Waals surface area contributed by atoms with Gasteiger partial charge in [0.25, 0.3) is 0 Å². The first kappa shape index (κ1) is 33.9. The van der Waals surface area contributed by atoms with Crippen LogP contribution in [0.25, 0.3) is 0 Å². The zero-order valence-electron chi connectivity index (χ0n) is 26.9. The summed E-state index contributed by atoms with van der Waals surface area (Å²) >= 11 is 0. The van der Waals surface area contributed by atoms with Crippen molar-refractivity contribution in [2.75, 3.05) is 39.6 Å². The first-order valence-electron chi connectivity index (χ1n) is 15.7. The molecule has 4 rings (SSSR count). The van der Waals surface area contributed by atoms with Crippen LogP contribution >= 0.6 is 0 Å². The van der Waals surface area contributed by atoms with Crippen LogP contribution in [0.4, 0.5) is 0 Å². The molecular weight excluding hydrogens is 588 g/mol. The molecule has 0 N–H and O–H groups in total. The Morgan fingerprint density at radius 1 is 0.356 bits per heavy atom. The lowest BCUT2D eigenvalue weighted by Crippen LogP contribution is -2.43. The normalized spacial score (nSPS) is 17.7. The van der Waals surface area contributed by atoms with Gasteiger partial charge in [0, 0.05) is 38.5 Å². The topological polar surface area (TPSA) is 158 Å². The molecule has 1 aromatic carbocycles. The Kier molecular flexibility index (Phi) is 9.94. The summed E-state index contributed by atoms with van der Waals surface area (Å²) in [7, 11) is 0. The van der Waals surface area contributed by atoms with Crippen LogP contribution in [0.5, 0.6) is 0 Å². The smallest absolute Gasteiger partial charge is 0.324 e. The van der Waals surface area contributed by atoms with E-state index in [4.69, 9.17) is 28.4 Å². The molecular formula is C33H42O12. The van der Waals surface area contributed by atoms with Crippen molar-refractivity contribution >= 4 is 35.8 Å². The number of esters is 6. The van der Waals surface area contributed by atoms with Gasteiger partial charge in [0.15, 0.2) is 16.2 Å². The molecule has 0 radical (unpaired) electrons. The minimum atomic E-state index is -1.74. The van der Waals surface area contributed by atoms with E-state index in [0.717, 1.165) is 0 Å². The summed E-state index contributed by atoms with van der Waals surface area (Å²) in [6.07, 6.45) is -0.648. The van der Waals surface area contributed by atoms with E-state index < -0.39 is 52.1 Å². The molecule has 0 bridgehead atoms. The van der Waals surface area contributed by atoms with Crippen molar-refractivity contribution in [2.45, 2.75) is 80.1 Å². The molecule has 45 heavy (non-hydrogen) atoms. The van der Waals surface area contributed by atoms with Gasteiger partial charge in [0.05, 0.1) is 39.6 Å². The van der Waals surface area contributed by atoms with Crippen molar-refractivity contribution in [2.24, 2.45) is 16.2 Å². The Labute approximate surface area is 262 Å². The molecule has 0 amide bonds. The highest BCUT2D eigenvalue weighted by Gasteiger charge is 2.62. The minimum absolute atomic E-state index is 0.0240. The van der Waals surface area contributed by atoms with Gasteiger partial charge in [-0.2, -0.15) is 0 Å². The molecule has 0 spiro atoms. The van der Waals surface area contributed by atoms with E-state index in [9.17, 15) is 28.8 Å². The number of benzene rings is 1. The van der Waals surface area contributed by atoms with Gasteiger partial charge in [-0.25, -0.2) is 0 Å². The third-order valence-electron chi connectivity index (χ3n) is 9.05. The molecule has 0 aromatic heterocycles. The molecule has 3 aliphatic rings. The standard InChI is InChI=1S/C33H42O12/c1-7-40-25(34)31(26(35)41-8-2)13-19-20(14-31)22-16-33(29(38)44-11-5,30(39)45-12-6)18-24(22)23-17-32(15-21(19)23,27(36)42-9-3)28(37)43-10-4/h7-18H2,1-6H3. The molecule has 1 aromatic rings. The number of fused-ring (bicyclic) bond motifs is 6. The van der Waals surface area contributed by atoms with Crippen molar-refractivity contribution in [3.8, 4) is 0 Å². The van der Waals surface area contributed by atoms with E-state index in [0.29, 0.717) is 33.4 Å². The Morgan fingerprint density at radius 2 is 0.489 bits per heavy atom. The number of carbonyl (C=O) groups is 6. The van der Waals surface area contributed by atoms with Gasteiger partial charge in [-0.15, -0.1) is 0 Å². The highest BCUT2D eigenvalue weighted by molar-refractivity contribution is 6.05. The zero-order valence-corrected chi connectivity index (χ0v) is 26.9. The Hall–Kier alpha value is -3.96. The van der Waals surface area contributed by atoms with Gasteiger partial charge >= 0.3 is 35.8 Å². The zero-order chi connectivity index (χ0) is 33.2. The van der Waals surface area contributed by atoms with Crippen LogP contribution in [0.3, 0.4) is 0 Å². The summed E-state index contributed by atoms with van der Waals surface area (Å²) in [5.41, 5.74) is -1.70. The maximum Gasteiger partial charge on any atom is 0.324 e. The fraction of sp³-hybridized carbons (Fsp3) is 0.636. The maximum atomic E-state index is 13.6. The van der Waals surface area contributed by atoms with Crippen molar-refractivity contribution in [1.29, 1.82) is 0 Å². The molecule has 0 saturated carbocycles. The fourth-order valence-corrected chi connectivity index (χ4v) is 7.10. The van der Waals surface area contributed by atoms with Gasteiger partial charge in [-0.05, 0) is 74.9 Å². The Bertz CT molecular complexity index is 1120. The first-order chi connectivity index (χ1) is 21.5. The summed E-state index contributed by atoms with van der Waals surface area (Å²) in [5, 5.41) is 0. The predicted octanol–water partition coefficient (Wildman–Crippen LogP) is 2.32. The average Bonchev–Trinajstić information content (AvgIpc) is 3.71. The van der Waals surface area contributed by atoms with Crippen molar-refractivity contribution < 1.29 is 57.2 Å². The SMILES string of the molecule is CCOC(=O)C1(C(=O)OCC)Cc2c3c(c4c(c2C1)CC(C(=O)OCC)(C(=O)OCC)C4)CC(C(=O)OCC)(C(=O)OCC)C3. The summed E-state index contributed by atoms with van der Waals surface area (Å²) in [4.78, 5) is 81.4. The highest BCUT2D eigenvalue weighted by atomic mass is 16.6. The summed E-state index contributed by atoms with van der Waals surface area (Å²) in [6.45, 7) is 9.94. The summed E-state index contributed by atoms with van der Waals surface area (Å²) in [6, 6.07) is 0. The van der Waals surface area contributed by atoms with Crippen LogP contribution in [0, 0.1) is 16.2 Å². The molecule has 12 heteroatoms. The van der Waals surface area contributed by atoms with E-state index in [1.165, 1.54) is 0 Å². The van der Waals surface area contributed by atoms with Crippen molar-refractivity contribution in [3.63, 3.8) is 0 Å². The summed E-state index contributed by atoms with van der Waals surface area (Å²) < 4.78 is 32.4. The van der Waals surface area contributed by atoms with Gasteiger partial charge in [0.1, 0.15) is 0 Å². The quantitative estimate of drug-likeness (QED) is 0.189. The van der Waals surface area contributed by atoms with E-state index in [2.05, 4.69) is 0 Å². The lowest BCUT2D eigenvalue weighted by molar-refractivity contribution is -0.173. The lowest BCUT2D eigenvalue weighted by atomic mass is 9.82. The second-order valence-corrected chi connectivity index (χ2v) is 11.5. The van der Waals surface area contributed by atoms with Gasteiger partial charge < -0.3 is 28.4 Å². The van der Waals surface area contributed by atoms with Crippen LogP contribution in [-0.4, -0.2) is 75.5 Å². The van der Waals surface area contributed by atoms with E-state index >= 15 is 0 Å². The first-order valence-corrected chi connectivity index (χ1v) is 15.7. The predicted molar refractivity (Wildman–Crippen MR) is 156 cm³/mol. The lowest BCUT2D eigenvalue weighted by Gasteiger charge is -2.25. The van der Waals surface area contributed by atoms with Crippen molar-refractivity contribution in [1.82, 2.24) is 0 Å². The number of carbonyl (C=O) groups excluding carboxylic acids is 6. The highest BCUT2D eigenvalue weighted by Crippen LogP contribution is 2.55. The van der Waals surface area contributed by atoms with Gasteiger partial charge in [-0.3, -0.25) is 28.8 Å². The largest absolute Gasteiger partial charge is 0.465 e. The number of rotatable bonds is 12. The molecule has 0 fully saturated rings. The average molecular weight is 631 g/mol.